The first-order valence-corrected chi connectivity index (χ1v) is 6.93. The molecule has 0 radical (unpaired) electrons. The van der Waals surface area contributed by atoms with Gasteiger partial charge in [0, 0.05) is 18.7 Å². The van der Waals surface area contributed by atoms with Crippen LogP contribution in [-0.2, 0) is 0 Å². The molecule has 3 rings (SSSR count). The van der Waals surface area contributed by atoms with Crippen molar-refractivity contribution in [3.05, 3.63) is 18.1 Å². The third-order valence-electron chi connectivity index (χ3n) is 4.30. The Balaban J connectivity index is 1.74. The van der Waals surface area contributed by atoms with Crippen molar-refractivity contribution in [3.63, 3.8) is 0 Å². The molecule has 1 aromatic heterocycles. The van der Waals surface area contributed by atoms with E-state index in [1.54, 1.807) is 0 Å². The average molecular weight is 231 g/mol. The molecule has 3 atom stereocenters. The highest BCUT2D eigenvalue weighted by Crippen LogP contribution is 2.52. The highest BCUT2D eigenvalue weighted by atomic mass is 15.0. The predicted molar refractivity (Wildman–Crippen MR) is 69.0 cm³/mol. The molecule has 1 aromatic rings. The third kappa shape index (κ3) is 2.15. The lowest BCUT2D eigenvalue weighted by molar-refractivity contribution is 0.405. The fourth-order valence-corrected chi connectivity index (χ4v) is 3.46. The van der Waals surface area contributed by atoms with Crippen LogP contribution in [0.4, 0.5) is 5.82 Å². The summed E-state index contributed by atoms with van der Waals surface area (Å²) in [5.41, 5.74) is 0. The molecule has 1 heterocycles. The highest BCUT2D eigenvalue weighted by molar-refractivity contribution is 5.33. The maximum atomic E-state index is 4.69. The fourth-order valence-electron chi connectivity index (χ4n) is 3.46. The van der Waals surface area contributed by atoms with Crippen LogP contribution < -0.4 is 5.32 Å². The summed E-state index contributed by atoms with van der Waals surface area (Å²) in [4.78, 5) is 9.19. The summed E-state index contributed by atoms with van der Waals surface area (Å²) in [5, 5.41) is 3.35. The summed E-state index contributed by atoms with van der Waals surface area (Å²) >= 11 is 0. The van der Waals surface area contributed by atoms with Crippen molar-refractivity contribution in [3.8, 4) is 0 Å². The number of nitrogens with zero attached hydrogens (tertiary/aromatic N) is 2. The smallest absolute Gasteiger partial charge is 0.134 e. The molecular formula is C14H21N3. The molecular weight excluding hydrogens is 210 g/mol. The zero-order valence-electron chi connectivity index (χ0n) is 10.5. The number of hydrogen-bond donors (Lipinski definition) is 1. The van der Waals surface area contributed by atoms with Crippen LogP contribution in [0.25, 0.3) is 0 Å². The maximum Gasteiger partial charge on any atom is 0.134 e. The molecule has 0 saturated heterocycles. The zero-order chi connectivity index (χ0) is 11.7. The van der Waals surface area contributed by atoms with Crippen molar-refractivity contribution in [1.29, 1.82) is 0 Å². The Labute approximate surface area is 103 Å². The quantitative estimate of drug-likeness (QED) is 0.864. The van der Waals surface area contributed by atoms with Gasteiger partial charge in [-0.3, -0.25) is 0 Å². The molecule has 0 spiro atoms. The standard InChI is InChI=1S/C14H21N3/c1-2-6-15-13-5-7-16-14(17-13)12-9-10-3-4-11(12)8-10/h5,7,10-12H,2-4,6,8-9H2,1H3,(H,15,16,17). The van der Waals surface area contributed by atoms with E-state index in [1.165, 1.54) is 25.7 Å². The molecule has 2 saturated carbocycles. The lowest BCUT2D eigenvalue weighted by Crippen LogP contribution is -2.13. The van der Waals surface area contributed by atoms with Crippen LogP contribution in [0, 0.1) is 11.8 Å². The van der Waals surface area contributed by atoms with Gasteiger partial charge in [-0.2, -0.15) is 0 Å². The van der Waals surface area contributed by atoms with Crippen LogP contribution in [0.5, 0.6) is 0 Å². The second-order valence-corrected chi connectivity index (χ2v) is 5.51. The molecule has 2 fully saturated rings. The van der Waals surface area contributed by atoms with Crippen molar-refractivity contribution in [2.45, 2.75) is 44.9 Å². The summed E-state index contributed by atoms with van der Waals surface area (Å²) in [6.45, 7) is 3.16. The van der Waals surface area contributed by atoms with E-state index in [2.05, 4.69) is 22.2 Å². The minimum atomic E-state index is 0.636. The number of anilines is 1. The number of rotatable bonds is 4. The normalized spacial score (nSPS) is 30.8. The Morgan fingerprint density at radius 2 is 2.29 bits per heavy atom. The van der Waals surface area contributed by atoms with Crippen molar-refractivity contribution in [1.82, 2.24) is 9.97 Å². The van der Waals surface area contributed by atoms with Crippen LogP contribution >= 0.6 is 0 Å². The van der Waals surface area contributed by atoms with E-state index >= 15 is 0 Å². The van der Waals surface area contributed by atoms with Gasteiger partial charge in [0.05, 0.1) is 0 Å². The molecule has 2 aliphatic carbocycles. The Morgan fingerprint density at radius 1 is 1.35 bits per heavy atom. The molecule has 3 unspecified atom stereocenters. The molecule has 3 heteroatoms. The van der Waals surface area contributed by atoms with Crippen molar-refractivity contribution >= 4 is 5.82 Å². The summed E-state index contributed by atoms with van der Waals surface area (Å²) in [6.07, 6.45) is 8.61. The van der Waals surface area contributed by atoms with Gasteiger partial charge in [-0.05, 0) is 43.6 Å². The van der Waals surface area contributed by atoms with E-state index in [-0.39, 0.29) is 0 Å². The third-order valence-corrected chi connectivity index (χ3v) is 4.30. The van der Waals surface area contributed by atoms with Gasteiger partial charge < -0.3 is 5.32 Å². The lowest BCUT2D eigenvalue weighted by Gasteiger charge is -2.20. The molecule has 0 aliphatic heterocycles. The second kappa shape index (κ2) is 4.63. The Hall–Kier alpha value is -1.12. The maximum absolute atomic E-state index is 4.69. The molecule has 3 nitrogen and oxygen atoms in total. The second-order valence-electron chi connectivity index (χ2n) is 5.51. The molecule has 1 N–H and O–H groups in total. The molecule has 92 valence electrons. The van der Waals surface area contributed by atoms with Gasteiger partial charge in [-0.25, -0.2) is 9.97 Å². The summed E-state index contributed by atoms with van der Waals surface area (Å²) in [6, 6.07) is 1.98. The molecule has 2 bridgehead atoms. The van der Waals surface area contributed by atoms with E-state index in [0.717, 1.165) is 36.4 Å². The summed E-state index contributed by atoms with van der Waals surface area (Å²) < 4.78 is 0. The van der Waals surface area contributed by atoms with Gasteiger partial charge in [-0.15, -0.1) is 0 Å². The van der Waals surface area contributed by atoms with Crippen LogP contribution in [0.15, 0.2) is 12.3 Å². The SMILES string of the molecule is CCCNc1ccnc(C2CC3CCC2C3)n1. The largest absolute Gasteiger partial charge is 0.370 e. The van der Waals surface area contributed by atoms with Gasteiger partial charge in [0.15, 0.2) is 0 Å². The minimum absolute atomic E-state index is 0.636. The Morgan fingerprint density at radius 3 is 3.00 bits per heavy atom. The first-order chi connectivity index (χ1) is 8.36. The van der Waals surface area contributed by atoms with Crippen LogP contribution in [0.1, 0.15) is 50.8 Å². The van der Waals surface area contributed by atoms with E-state index in [4.69, 9.17) is 0 Å². The number of hydrogen-bond acceptors (Lipinski definition) is 3. The molecule has 0 amide bonds. The highest BCUT2D eigenvalue weighted by Gasteiger charge is 2.41. The van der Waals surface area contributed by atoms with Crippen molar-refractivity contribution < 1.29 is 0 Å². The number of nitrogens with one attached hydrogen (secondary N) is 1. The topological polar surface area (TPSA) is 37.8 Å². The van der Waals surface area contributed by atoms with Crippen LogP contribution in [-0.4, -0.2) is 16.5 Å². The fraction of sp³-hybridized carbons (Fsp3) is 0.714. The van der Waals surface area contributed by atoms with E-state index in [9.17, 15) is 0 Å². The number of aromatic nitrogens is 2. The van der Waals surface area contributed by atoms with Crippen molar-refractivity contribution in [2.24, 2.45) is 11.8 Å². The lowest BCUT2D eigenvalue weighted by atomic mass is 9.88. The number of fused-ring (bicyclic) bond motifs is 2. The van der Waals surface area contributed by atoms with Crippen LogP contribution in [0.2, 0.25) is 0 Å². The first-order valence-electron chi connectivity index (χ1n) is 6.93. The minimum Gasteiger partial charge on any atom is -0.370 e. The monoisotopic (exact) mass is 231 g/mol. The molecule has 2 aliphatic rings. The summed E-state index contributed by atoms with van der Waals surface area (Å²) in [7, 11) is 0. The van der Waals surface area contributed by atoms with Gasteiger partial charge >= 0.3 is 0 Å². The first kappa shape index (κ1) is 11.0. The predicted octanol–water partition coefficient (Wildman–Crippen LogP) is 3.20. The van der Waals surface area contributed by atoms with Gasteiger partial charge in [-0.1, -0.05) is 13.3 Å². The van der Waals surface area contributed by atoms with E-state index < -0.39 is 0 Å². The van der Waals surface area contributed by atoms with Gasteiger partial charge in [0.2, 0.25) is 0 Å². The van der Waals surface area contributed by atoms with Gasteiger partial charge in [0.1, 0.15) is 11.6 Å². The summed E-state index contributed by atoms with van der Waals surface area (Å²) in [5.74, 6) is 4.54. The van der Waals surface area contributed by atoms with E-state index in [0.29, 0.717) is 5.92 Å². The van der Waals surface area contributed by atoms with Crippen LogP contribution in [0.3, 0.4) is 0 Å². The Kier molecular flexibility index (Phi) is 3.00. The molecule has 17 heavy (non-hydrogen) atoms. The Bertz CT molecular complexity index is 391. The zero-order valence-corrected chi connectivity index (χ0v) is 10.5. The van der Waals surface area contributed by atoms with E-state index in [1.807, 2.05) is 12.3 Å². The van der Waals surface area contributed by atoms with Gasteiger partial charge in [0.25, 0.3) is 0 Å². The molecule has 0 aromatic carbocycles. The average Bonchev–Trinajstić information content (AvgIpc) is 2.99. The van der Waals surface area contributed by atoms with Crippen molar-refractivity contribution in [2.75, 3.05) is 11.9 Å².